The van der Waals surface area contributed by atoms with Crippen LogP contribution in [0.2, 0.25) is 0 Å². The van der Waals surface area contributed by atoms with Gasteiger partial charge in [-0.05, 0) is 36.0 Å². The Bertz CT molecular complexity index is 514. The molecule has 90 valence electrons. The van der Waals surface area contributed by atoms with Crippen LogP contribution in [-0.2, 0) is 6.54 Å². The Morgan fingerprint density at radius 3 is 3.00 bits per heavy atom. The number of nitrogens with two attached hydrogens (primary N) is 1. The van der Waals surface area contributed by atoms with Crippen LogP contribution in [0.4, 0.5) is 0 Å². The van der Waals surface area contributed by atoms with Crippen LogP contribution in [0.25, 0.3) is 5.52 Å². The number of thioether (sulfide) groups is 1. The van der Waals surface area contributed by atoms with Gasteiger partial charge in [-0.3, -0.25) is 0 Å². The number of imidazole rings is 1. The Hall–Kier alpha value is -1.00. The summed E-state index contributed by atoms with van der Waals surface area (Å²) in [5.41, 5.74) is 8.11. The van der Waals surface area contributed by atoms with Crippen molar-refractivity contribution in [3.63, 3.8) is 0 Å². The number of aromatic nitrogens is 2. The van der Waals surface area contributed by atoms with Gasteiger partial charge in [0.2, 0.25) is 0 Å². The van der Waals surface area contributed by atoms with Crippen molar-refractivity contribution in [2.75, 3.05) is 11.5 Å². The standard InChI is InChI=1S/C13H17N3S/c14-8-11-2-1-5-16-12(11)9-15-13(16)10-3-6-17-7-4-10/h1-2,5,9-10H,3-4,6-8,14H2. The van der Waals surface area contributed by atoms with Crippen molar-refractivity contribution >= 4 is 17.3 Å². The van der Waals surface area contributed by atoms with E-state index in [1.807, 2.05) is 6.20 Å². The van der Waals surface area contributed by atoms with E-state index in [9.17, 15) is 0 Å². The maximum absolute atomic E-state index is 5.76. The lowest BCUT2D eigenvalue weighted by molar-refractivity contribution is 0.596. The van der Waals surface area contributed by atoms with Crippen LogP contribution >= 0.6 is 11.8 Å². The van der Waals surface area contributed by atoms with Crippen molar-refractivity contribution in [3.8, 4) is 0 Å². The van der Waals surface area contributed by atoms with Crippen LogP contribution in [0.3, 0.4) is 0 Å². The summed E-state index contributed by atoms with van der Waals surface area (Å²) in [4.78, 5) is 4.63. The number of pyridine rings is 1. The molecule has 1 fully saturated rings. The van der Waals surface area contributed by atoms with E-state index in [2.05, 4.69) is 39.5 Å². The van der Waals surface area contributed by atoms with Crippen LogP contribution in [0.1, 0.15) is 30.1 Å². The topological polar surface area (TPSA) is 43.3 Å². The monoisotopic (exact) mass is 247 g/mol. The van der Waals surface area contributed by atoms with E-state index in [1.54, 1.807) is 0 Å². The van der Waals surface area contributed by atoms with Gasteiger partial charge in [-0.25, -0.2) is 4.98 Å². The highest BCUT2D eigenvalue weighted by Gasteiger charge is 2.20. The molecule has 17 heavy (non-hydrogen) atoms. The van der Waals surface area contributed by atoms with Gasteiger partial charge in [0.1, 0.15) is 5.82 Å². The zero-order valence-corrected chi connectivity index (χ0v) is 10.6. The Labute approximate surface area is 105 Å². The first-order valence-electron chi connectivity index (χ1n) is 6.13. The Morgan fingerprint density at radius 1 is 1.41 bits per heavy atom. The van der Waals surface area contributed by atoms with Gasteiger partial charge in [0.05, 0.1) is 11.7 Å². The molecule has 0 aromatic carbocycles. The fourth-order valence-corrected chi connectivity index (χ4v) is 3.64. The van der Waals surface area contributed by atoms with Gasteiger partial charge < -0.3 is 10.1 Å². The minimum Gasteiger partial charge on any atom is -0.326 e. The Kier molecular flexibility index (Phi) is 3.07. The van der Waals surface area contributed by atoms with Crippen molar-refractivity contribution < 1.29 is 0 Å². The van der Waals surface area contributed by atoms with E-state index in [1.165, 1.54) is 41.3 Å². The highest BCUT2D eigenvalue weighted by Crippen LogP contribution is 2.31. The van der Waals surface area contributed by atoms with Crippen molar-refractivity contribution in [1.29, 1.82) is 0 Å². The highest BCUT2D eigenvalue weighted by atomic mass is 32.2. The predicted molar refractivity (Wildman–Crippen MR) is 72.4 cm³/mol. The molecule has 0 saturated carbocycles. The van der Waals surface area contributed by atoms with Crippen molar-refractivity contribution in [3.05, 3.63) is 35.9 Å². The van der Waals surface area contributed by atoms with E-state index in [0.717, 1.165) is 0 Å². The summed E-state index contributed by atoms with van der Waals surface area (Å²) in [7, 11) is 0. The van der Waals surface area contributed by atoms with Crippen LogP contribution in [0, 0.1) is 0 Å². The van der Waals surface area contributed by atoms with E-state index in [0.29, 0.717) is 12.5 Å². The SMILES string of the molecule is NCc1cccn2c(C3CCSCC3)ncc12. The largest absolute Gasteiger partial charge is 0.326 e. The molecule has 4 heteroatoms. The van der Waals surface area contributed by atoms with Gasteiger partial charge in [0, 0.05) is 18.7 Å². The maximum atomic E-state index is 5.76. The zero-order chi connectivity index (χ0) is 11.7. The van der Waals surface area contributed by atoms with Gasteiger partial charge in [-0.2, -0.15) is 11.8 Å². The number of hydrogen-bond donors (Lipinski definition) is 1. The molecule has 3 nitrogen and oxygen atoms in total. The fourth-order valence-electron chi connectivity index (χ4n) is 2.53. The minimum atomic E-state index is 0.579. The van der Waals surface area contributed by atoms with Gasteiger partial charge in [-0.15, -0.1) is 0 Å². The summed E-state index contributed by atoms with van der Waals surface area (Å²) in [6.45, 7) is 0.579. The lowest BCUT2D eigenvalue weighted by Gasteiger charge is -2.20. The molecule has 0 spiro atoms. The summed E-state index contributed by atoms with van der Waals surface area (Å²) in [5, 5.41) is 0. The molecular weight excluding hydrogens is 230 g/mol. The maximum Gasteiger partial charge on any atom is 0.116 e. The summed E-state index contributed by atoms with van der Waals surface area (Å²) in [6.07, 6.45) is 6.57. The van der Waals surface area contributed by atoms with E-state index < -0.39 is 0 Å². The summed E-state index contributed by atoms with van der Waals surface area (Å²) >= 11 is 2.05. The summed E-state index contributed by atoms with van der Waals surface area (Å²) in [6, 6.07) is 4.15. The Balaban J connectivity index is 2.05. The quantitative estimate of drug-likeness (QED) is 0.886. The normalized spacial score (nSPS) is 17.7. The number of nitrogens with zero attached hydrogens (tertiary/aromatic N) is 2. The number of rotatable bonds is 2. The summed E-state index contributed by atoms with van der Waals surface area (Å²) in [5.74, 6) is 4.36. The van der Waals surface area contributed by atoms with Gasteiger partial charge in [-0.1, -0.05) is 6.07 Å². The molecule has 0 aliphatic carbocycles. The lowest BCUT2D eigenvalue weighted by Crippen LogP contribution is -2.11. The van der Waals surface area contributed by atoms with Crippen molar-refractivity contribution in [1.82, 2.24) is 9.38 Å². The van der Waals surface area contributed by atoms with Gasteiger partial charge in [0.15, 0.2) is 0 Å². The molecule has 1 aliphatic heterocycles. The molecule has 3 rings (SSSR count). The molecule has 3 heterocycles. The highest BCUT2D eigenvalue weighted by molar-refractivity contribution is 7.99. The Morgan fingerprint density at radius 2 is 2.24 bits per heavy atom. The van der Waals surface area contributed by atoms with Crippen molar-refractivity contribution in [2.24, 2.45) is 5.73 Å². The van der Waals surface area contributed by atoms with Crippen molar-refractivity contribution in [2.45, 2.75) is 25.3 Å². The molecule has 0 unspecified atom stereocenters. The molecule has 0 atom stereocenters. The third kappa shape index (κ3) is 1.96. The van der Waals surface area contributed by atoms with Gasteiger partial charge >= 0.3 is 0 Å². The molecule has 0 radical (unpaired) electrons. The first-order chi connectivity index (χ1) is 8.40. The second-order valence-corrected chi connectivity index (χ2v) is 5.72. The average Bonchev–Trinajstić information content (AvgIpc) is 2.83. The second kappa shape index (κ2) is 4.70. The van der Waals surface area contributed by atoms with Crippen LogP contribution in [-0.4, -0.2) is 20.9 Å². The van der Waals surface area contributed by atoms with Crippen LogP contribution < -0.4 is 5.73 Å². The first kappa shape index (κ1) is 11.1. The molecule has 2 N–H and O–H groups in total. The molecule has 0 bridgehead atoms. The molecule has 0 amide bonds. The first-order valence-corrected chi connectivity index (χ1v) is 7.28. The van der Waals surface area contributed by atoms with E-state index >= 15 is 0 Å². The summed E-state index contributed by atoms with van der Waals surface area (Å²) < 4.78 is 2.23. The molecule has 1 saturated heterocycles. The van der Waals surface area contributed by atoms with E-state index in [4.69, 9.17) is 5.73 Å². The van der Waals surface area contributed by atoms with Crippen LogP contribution in [0.15, 0.2) is 24.5 Å². The third-order valence-corrected chi connectivity index (χ3v) is 4.54. The second-order valence-electron chi connectivity index (χ2n) is 4.50. The predicted octanol–water partition coefficient (Wildman–Crippen LogP) is 2.40. The smallest absolute Gasteiger partial charge is 0.116 e. The molecule has 1 aliphatic rings. The molecular formula is C13H17N3S. The van der Waals surface area contributed by atoms with Crippen LogP contribution in [0.5, 0.6) is 0 Å². The minimum absolute atomic E-state index is 0.579. The lowest BCUT2D eigenvalue weighted by atomic mass is 10.0. The van der Waals surface area contributed by atoms with E-state index in [-0.39, 0.29) is 0 Å². The number of fused-ring (bicyclic) bond motifs is 1. The molecule has 2 aromatic heterocycles. The zero-order valence-electron chi connectivity index (χ0n) is 9.80. The number of hydrogen-bond acceptors (Lipinski definition) is 3. The average molecular weight is 247 g/mol. The third-order valence-electron chi connectivity index (χ3n) is 3.49. The fraction of sp³-hybridized carbons (Fsp3) is 0.462. The molecule has 2 aromatic rings. The van der Waals surface area contributed by atoms with Gasteiger partial charge in [0.25, 0.3) is 0 Å².